The van der Waals surface area contributed by atoms with E-state index >= 15 is 0 Å². The molecule has 3 aliphatic carbocycles. The van der Waals surface area contributed by atoms with Gasteiger partial charge in [-0.25, -0.2) is 0 Å². The van der Waals surface area contributed by atoms with Gasteiger partial charge in [-0.05, 0) is 73.3 Å². The zero-order valence-corrected chi connectivity index (χ0v) is 11.4. The Bertz CT molecular complexity index is 449. The standard InChI is InChI=1S/C18H24/c1-2-6-15-7-3-4-8-16(15)18(12-13-18)14-17(9-5-1)10-11-17/h3-4,7-8H,1-2,5-6,9-14H2. The van der Waals surface area contributed by atoms with Gasteiger partial charge in [0.25, 0.3) is 0 Å². The smallest absolute Gasteiger partial charge is 0.00383 e. The van der Waals surface area contributed by atoms with Crippen LogP contribution in [0.15, 0.2) is 24.3 Å². The summed E-state index contributed by atoms with van der Waals surface area (Å²) in [5.41, 5.74) is 4.80. The molecule has 0 heteroatoms. The molecule has 2 fully saturated rings. The summed E-state index contributed by atoms with van der Waals surface area (Å²) < 4.78 is 0. The van der Waals surface area contributed by atoms with Crippen LogP contribution >= 0.6 is 0 Å². The normalized spacial score (nSPS) is 27.8. The first kappa shape index (κ1) is 11.1. The number of aryl methyl sites for hydroxylation is 1. The van der Waals surface area contributed by atoms with E-state index in [1.165, 1.54) is 64.2 Å². The Balaban J connectivity index is 1.72. The Morgan fingerprint density at radius 3 is 2.39 bits per heavy atom. The molecular formula is C18H24. The van der Waals surface area contributed by atoms with Gasteiger partial charge in [0.1, 0.15) is 0 Å². The van der Waals surface area contributed by atoms with E-state index in [0.717, 1.165) is 5.41 Å². The fourth-order valence-electron chi connectivity index (χ4n) is 4.35. The third-order valence-corrected chi connectivity index (χ3v) is 5.77. The van der Waals surface area contributed by atoms with E-state index in [1.807, 2.05) is 0 Å². The van der Waals surface area contributed by atoms with E-state index in [-0.39, 0.29) is 0 Å². The molecule has 2 saturated carbocycles. The molecule has 0 bridgehead atoms. The third kappa shape index (κ3) is 1.81. The third-order valence-electron chi connectivity index (χ3n) is 5.77. The second kappa shape index (κ2) is 3.85. The summed E-state index contributed by atoms with van der Waals surface area (Å²) in [4.78, 5) is 0. The van der Waals surface area contributed by atoms with Gasteiger partial charge in [-0.1, -0.05) is 37.1 Å². The van der Waals surface area contributed by atoms with Gasteiger partial charge in [0.15, 0.2) is 0 Å². The van der Waals surface area contributed by atoms with Crippen LogP contribution in [0.2, 0.25) is 0 Å². The van der Waals surface area contributed by atoms with Gasteiger partial charge in [0.2, 0.25) is 0 Å². The van der Waals surface area contributed by atoms with Gasteiger partial charge < -0.3 is 0 Å². The molecule has 0 N–H and O–H groups in total. The largest absolute Gasteiger partial charge is 0.0620 e. The maximum absolute atomic E-state index is 2.44. The van der Waals surface area contributed by atoms with Crippen LogP contribution < -0.4 is 0 Å². The minimum absolute atomic E-state index is 0.616. The van der Waals surface area contributed by atoms with Gasteiger partial charge in [0, 0.05) is 0 Å². The molecule has 0 aliphatic heterocycles. The van der Waals surface area contributed by atoms with Crippen LogP contribution in [0.25, 0.3) is 0 Å². The summed E-state index contributed by atoms with van der Waals surface area (Å²) in [6.45, 7) is 0. The van der Waals surface area contributed by atoms with Gasteiger partial charge in [-0.2, -0.15) is 0 Å². The predicted octanol–water partition coefficient (Wildman–Crippen LogP) is 5.01. The van der Waals surface area contributed by atoms with E-state index in [0.29, 0.717) is 5.41 Å². The highest BCUT2D eigenvalue weighted by atomic mass is 14.6. The van der Waals surface area contributed by atoms with E-state index in [2.05, 4.69) is 24.3 Å². The Labute approximate surface area is 111 Å². The van der Waals surface area contributed by atoms with Crippen LogP contribution in [-0.4, -0.2) is 0 Å². The Morgan fingerprint density at radius 1 is 0.778 bits per heavy atom. The number of hydrogen-bond donors (Lipinski definition) is 0. The predicted molar refractivity (Wildman–Crippen MR) is 75.8 cm³/mol. The molecule has 0 aromatic heterocycles. The van der Waals surface area contributed by atoms with Gasteiger partial charge in [0.05, 0.1) is 0 Å². The lowest BCUT2D eigenvalue weighted by atomic mass is 9.78. The summed E-state index contributed by atoms with van der Waals surface area (Å²) in [6.07, 6.45) is 14.7. The van der Waals surface area contributed by atoms with Crippen molar-refractivity contribution in [1.82, 2.24) is 0 Å². The lowest BCUT2D eigenvalue weighted by Crippen LogP contribution is -2.17. The number of fused-ring (bicyclic) bond motifs is 2. The molecule has 3 aliphatic rings. The summed E-state index contributed by atoms with van der Waals surface area (Å²) in [5, 5.41) is 0. The molecule has 1 aromatic rings. The summed E-state index contributed by atoms with van der Waals surface area (Å²) in [7, 11) is 0. The number of hydrogen-bond acceptors (Lipinski definition) is 0. The molecule has 18 heavy (non-hydrogen) atoms. The highest BCUT2D eigenvalue weighted by Gasteiger charge is 2.54. The zero-order chi connectivity index (χ0) is 12.1. The van der Waals surface area contributed by atoms with Crippen LogP contribution in [0.5, 0.6) is 0 Å². The van der Waals surface area contributed by atoms with E-state index in [4.69, 9.17) is 0 Å². The fourth-order valence-corrected chi connectivity index (χ4v) is 4.35. The zero-order valence-electron chi connectivity index (χ0n) is 11.4. The molecule has 0 amide bonds. The molecule has 0 atom stereocenters. The van der Waals surface area contributed by atoms with E-state index in [1.54, 1.807) is 11.1 Å². The van der Waals surface area contributed by atoms with Crippen LogP contribution in [-0.2, 0) is 11.8 Å². The summed E-state index contributed by atoms with van der Waals surface area (Å²) in [6, 6.07) is 9.36. The van der Waals surface area contributed by atoms with Crippen LogP contribution in [0, 0.1) is 5.41 Å². The summed E-state index contributed by atoms with van der Waals surface area (Å²) >= 11 is 0. The Morgan fingerprint density at radius 2 is 1.61 bits per heavy atom. The molecule has 1 aromatic carbocycles. The van der Waals surface area contributed by atoms with Gasteiger partial charge in [-0.15, -0.1) is 0 Å². The second-order valence-corrected chi connectivity index (χ2v) is 7.17. The quantitative estimate of drug-likeness (QED) is 0.598. The highest BCUT2D eigenvalue weighted by molar-refractivity contribution is 5.39. The topological polar surface area (TPSA) is 0 Å². The lowest BCUT2D eigenvalue weighted by Gasteiger charge is -2.27. The first-order valence-corrected chi connectivity index (χ1v) is 7.91. The maximum Gasteiger partial charge on any atom is -0.00383 e. The second-order valence-electron chi connectivity index (χ2n) is 7.17. The van der Waals surface area contributed by atoms with Gasteiger partial charge >= 0.3 is 0 Å². The van der Waals surface area contributed by atoms with Crippen molar-refractivity contribution in [3.05, 3.63) is 35.4 Å². The van der Waals surface area contributed by atoms with Crippen molar-refractivity contribution in [3.63, 3.8) is 0 Å². The van der Waals surface area contributed by atoms with Crippen LogP contribution in [0.1, 0.15) is 68.9 Å². The molecule has 4 rings (SSSR count). The van der Waals surface area contributed by atoms with E-state index in [9.17, 15) is 0 Å². The van der Waals surface area contributed by atoms with Crippen molar-refractivity contribution in [2.24, 2.45) is 5.41 Å². The van der Waals surface area contributed by atoms with Crippen molar-refractivity contribution >= 4 is 0 Å². The molecule has 2 spiro atoms. The minimum atomic E-state index is 0.616. The first-order valence-electron chi connectivity index (χ1n) is 7.91. The number of benzene rings is 1. The Hall–Kier alpha value is -0.780. The molecular weight excluding hydrogens is 216 g/mol. The Kier molecular flexibility index (Phi) is 2.37. The van der Waals surface area contributed by atoms with E-state index < -0.39 is 0 Å². The SMILES string of the molecule is c1ccc2c(c1)CCCCCC1(CC1)CC21CC1. The number of rotatable bonds is 0. The molecule has 0 unspecified atom stereocenters. The molecule has 96 valence electrons. The van der Waals surface area contributed by atoms with Crippen molar-refractivity contribution in [1.29, 1.82) is 0 Å². The molecule has 0 heterocycles. The minimum Gasteiger partial charge on any atom is -0.0620 e. The van der Waals surface area contributed by atoms with Crippen LogP contribution in [0.4, 0.5) is 0 Å². The highest BCUT2D eigenvalue weighted by Crippen LogP contribution is 2.64. The molecule has 0 saturated heterocycles. The lowest BCUT2D eigenvalue weighted by molar-refractivity contribution is 0.354. The van der Waals surface area contributed by atoms with Crippen molar-refractivity contribution in [3.8, 4) is 0 Å². The fraction of sp³-hybridized carbons (Fsp3) is 0.667. The average molecular weight is 240 g/mol. The first-order chi connectivity index (χ1) is 8.82. The monoisotopic (exact) mass is 240 g/mol. The van der Waals surface area contributed by atoms with Crippen molar-refractivity contribution in [2.45, 2.75) is 69.6 Å². The van der Waals surface area contributed by atoms with Gasteiger partial charge in [-0.3, -0.25) is 0 Å². The van der Waals surface area contributed by atoms with Crippen molar-refractivity contribution < 1.29 is 0 Å². The van der Waals surface area contributed by atoms with Crippen LogP contribution in [0.3, 0.4) is 0 Å². The average Bonchev–Trinajstić information content (AvgIpc) is 3.30. The molecule has 0 radical (unpaired) electrons. The van der Waals surface area contributed by atoms with Crippen molar-refractivity contribution in [2.75, 3.05) is 0 Å². The maximum atomic E-state index is 2.44. The summed E-state index contributed by atoms with van der Waals surface area (Å²) in [5.74, 6) is 0. The molecule has 0 nitrogen and oxygen atoms in total.